The van der Waals surface area contributed by atoms with Gasteiger partial charge in [-0.1, -0.05) is 125 Å². The SMILES string of the molecule is CN(C)c1ccnc(-n2c3[c-]c(Oc4[c-]c([N+]5=C=[N+](c6c(-c7ccccc7)cccc6-c6ccccc6)c6c5ccc5ccccc65)ccc4)ccc3c3ccccc32)c1.[Pt+2]. The van der Waals surface area contributed by atoms with Crippen molar-refractivity contribution in [3.8, 4) is 39.6 Å². The largest absolute Gasteiger partial charge is 2.00 e. The van der Waals surface area contributed by atoms with E-state index in [1.54, 1.807) is 0 Å². The number of fused-ring (bicyclic) bond motifs is 6. The summed E-state index contributed by atoms with van der Waals surface area (Å²) in [7, 11) is 4.07. The smallest absolute Gasteiger partial charge is 0.509 e. The molecule has 0 saturated heterocycles. The summed E-state index contributed by atoms with van der Waals surface area (Å²) < 4.78 is 13.1. The fourth-order valence-corrected chi connectivity index (χ4v) is 8.42. The van der Waals surface area contributed by atoms with Crippen molar-refractivity contribution in [1.29, 1.82) is 0 Å². The minimum atomic E-state index is 0. The van der Waals surface area contributed by atoms with Crippen LogP contribution in [0, 0.1) is 12.1 Å². The van der Waals surface area contributed by atoms with E-state index in [9.17, 15) is 0 Å². The van der Waals surface area contributed by atoms with Crippen molar-refractivity contribution in [1.82, 2.24) is 18.7 Å². The van der Waals surface area contributed by atoms with Crippen molar-refractivity contribution in [3.05, 3.63) is 200 Å². The van der Waals surface area contributed by atoms with E-state index in [2.05, 4.69) is 194 Å². The zero-order valence-corrected chi connectivity index (χ0v) is 35.6. The van der Waals surface area contributed by atoms with E-state index in [-0.39, 0.29) is 21.1 Å². The summed E-state index contributed by atoms with van der Waals surface area (Å²) in [5.74, 6) is 1.96. The van der Waals surface area contributed by atoms with Gasteiger partial charge >= 0.3 is 32.8 Å². The maximum Gasteiger partial charge on any atom is 2.00 e. The fourth-order valence-electron chi connectivity index (χ4n) is 8.42. The predicted octanol–water partition coefficient (Wildman–Crippen LogP) is 13.0. The van der Waals surface area contributed by atoms with Crippen LogP contribution in [0.3, 0.4) is 0 Å². The molecule has 2 aromatic heterocycles. The van der Waals surface area contributed by atoms with Gasteiger partial charge in [0.05, 0.1) is 16.5 Å². The van der Waals surface area contributed by atoms with Crippen molar-refractivity contribution >= 4 is 67.0 Å². The first kappa shape index (κ1) is 37.9. The van der Waals surface area contributed by atoms with Crippen molar-refractivity contribution in [3.63, 3.8) is 0 Å². The summed E-state index contributed by atoms with van der Waals surface area (Å²) in [4.78, 5) is 6.88. The number of nitrogens with zero attached hydrogens (tertiary/aromatic N) is 5. The molecule has 0 radical (unpaired) electrons. The van der Waals surface area contributed by atoms with Crippen LogP contribution in [-0.2, 0) is 21.1 Å². The molecule has 10 aromatic rings. The molecule has 3 heterocycles. The van der Waals surface area contributed by atoms with Gasteiger partial charge in [-0.3, -0.25) is 0 Å². The molecule has 0 aliphatic carbocycles. The van der Waals surface area contributed by atoms with Gasteiger partial charge in [-0.2, -0.15) is 12.1 Å². The molecule has 0 fully saturated rings. The van der Waals surface area contributed by atoms with E-state index in [4.69, 9.17) is 9.72 Å². The van der Waals surface area contributed by atoms with E-state index >= 15 is 0 Å². The normalized spacial score (nSPS) is 11.9. The third-order valence-electron chi connectivity index (χ3n) is 11.2. The molecular weight excluding hydrogens is 930 g/mol. The Bertz CT molecular complexity index is 3310. The van der Waals surface area contributed by atoms with Gasteiger partial charge in [0.25, 0.3) is 5.69 Å². The van der Waals surface area contributed by atoms with E-state index in [1.165, 1.54) is 0 Å². The molecule has 61 heavy (non-hydrogen) atoms. The maximum atomic E-state index is 6.64. The molecular formula is C54H37N5OPt+2. The van der Waals surface area contributed by atoms with Crippen molar-refractivity contribution in [2.45, 2.75) is 0 Å². The van der Waals surface area contributed by atoms with Gasteiger partial charge in [-0.15, -0.1) is 23.6 Å². The number of hydrogen-bond acceptors (Lipinski definition) is 3. The molecule has 0 amide bonds. The second-order valence-electron chi connectivity index (χ2n) is 15.1. The summed E-state index contributed by atoms with van der Waals surface area (Å²) in [6.07, 6.45) is 1.85. The van der Waals surface area contributed by atoms with Crippen molar-refractivity contribution in [2.24, 2.45) is 0 Å². The Kier molecular flexibility index (Phi) is 9.73. The molecule has 6 nitrogen and oxygen atoms in total. The molecule has 0 spiro atoms. The Morgan fingerprint density at radius 1 is 0.574 bits per heavy atom. The Hall–Kier alpha value is -7.36. The first-order chi connectivity index (χ1) is 29.6. The quantitative estimate of drug-likeness (QED) is 0.112. The fraction of sp³-hybridized carbons (Fsp3) is 0.0370. The molecule has 0 atom stereocenters. The van der Waals surface area contributed by atoms with Gasteiger partial charge < -0.3 is 14.2 Å². The topological polar surface area (TPSA) is 36.3 Å². The maximum absolute atomic E-state index is 6.64. The number of rotatable bonds is 8. The van der Waals surface area contributed by atoms with Crippen LogP contribution in [0.15, 0.2) is 188 Å². The van der Waals surface area contributed by atoms with Gasteiger partial charge in [0.15, 0.2) is 0 Å². The number of para-hydroxylation sites is 2. The van der Waals surface area contributed by atoms with Crippen molar-refractivity contribution < 1.29 is 25.8 Å². The molecule has 292 valence electrons. The minimum absolute atomic E-state index is 0. The third kappa shape index (κ3) is 6.63. The molecule has 11 rings (SSSR count). The van der Waals surface area contributed by atoms with Crippen LogP contribution in [0.5, 0.6) is 11.5 Å². The third-order valence-corrected chi connectivity index (χ3v) is 11.2. The van der Waals surface area contributed by atoms with Gasteiger partial charge in [0.2, 0.25) is 5.69 Å². The van der Waals surface area contributed by atoms with Gasteiger partial charge in [0.1, 0.15) is 11.5 Å². The van der Waals surface area contributed by atoms with Crippen LogP contribution in [0.2, 0.25) is 0 Å². The van der Waals surface area contributed by atoms with Crippen molar-refractivity contribution in [2.75, 3.05) is 19.0 Å². The second kappa shape index (κ2) is 15.7. The molecule has 0 bridgehead atoms. The standard InChI is InChI=1S/C54H37N5O.Pt/c1-56(2)40-31-32-55-52(34-40)59-49-26-12-11-23-47(49)48-29-28-43(35-51(48)59)60-42-21-13-20-41(33-42)57-36-58(54-46-22-10-9-19-39(46)27-30-50(54)57)53-44(37-15-5-3-6-16-37)24-14-25-45(53)38-17-7-4-8-18-38;/h3-32,34H,1-2H3;/q;+2. The molecule has 7 heteroatoms. The first-order valence-corrected chi connectivity index (χ1v) is 20.0. The zero-order valence-electron chi connectivity index (χ0n) is 33.4. The average molecular weight is 967 g/mol. The van der Waals surface area contributed by atoms with Gasteiger partial charge in [0, 0.05) is 55.1 Å². The summed E-state index contributed by atoms with van der Waals surface area (Å²) in [6, 6.07) is 74.3. The second-order valence-corrected chi connectivity index (χ2v) is 15.1. The number of ether oxygens (including phenoxy) is 1. The summed E-state index contributed by atoms with van der Waals surface area (Å²) >= 11 is 0. The van der Waals surface area contributed by atoms with Crippen LogP contribution >= 0.6 is 0 Å². The van der Waals surface area contributed by atoms with Crippen LogP contribution in [0.4, 0.5) is 28.4 Å². The van der Waals surface area contributed by atoms with Gasteiger partial charge in [-0.25, -0.2) is 4.98 Å². The van der Waals surface area contributed by atoms with Crippen LogP contribution in [0.1, 0.15) is 0 Å². The first-order valence-electron chi connectivity index (χ1n) is 20.0. The van der Waals surface area contributed by atoms with Crippen LogP contribution in [-0.4, -0.2) is 29.7 Å². The minimum Gasteiger partial charge on any atom is -0.509 e. The monoisotopic (exact) mass is 966 g/mol. The van der Waals surface area contributed by atoms with Crippen LogP contribution in [0.25, 0.3) is 60.6 Å². The predicted molar refractivity (Wildman–Crippen MR) is 246 cm³/mol. The molecule has 0 saturated carbocycles. The molecule has 0 unspecified atom stereocenters. The number of pyridine rings is 1. The molecule has 0 N–H and O–H groups in total. The summed E-state index contributed by atoms with van der Waals surface area (Å²) in [6.45, 7) is 0. The number of hydrogen-bond donors (Lipinski definition) is 0. The van der Waals surface area contributed by atoms with E-state index in [0.29, 0.717) is 11.5 Å². The summed E-state index contributed by atoms with van der Waals surface area (Å²) in [5, 5.41) is 4.48. The Balaban J connectivity index is 0.00000445. The molecule has 8 aromatic carbocycles. The number of aromatic nitrogens is 2. The van der Waals surface area contributed by atoms with Crippen LogP contribution < -0.4 is 18.8 Å². The molecule has 1 aliphatic heterocycles. The molecule has 1 aliphatic rings. The van der Waals surface area contributed by atoms with E-state index in [1.807, 2.05) is 44.6 Å². The number of benzene rings is 8. The van der Waals surface area contributed by atoms with E-state index < -0.39 is 0 Å². The summed E-state index contributed by atoms with van der Waals surface area (Å²) in [5.41, 5.74) is 11.4. The Labute approximate surface area is 368 Å². The Morgan fingerprint density at radius 2 is 1.25 bits per heavy atom. The zero-order chi connectivity index (χ0) is 40.2. The van der Waals surface area contributed by atoms with Gasteiger partial charge in [-0.05, 0) is 62.9 Å². The van der Waals surface area contributed by atoms with E-state index in [0.717, 1.165) is 89.1 Å². The average Bonchev–Trinajstić information content (AvgIpc) is 3.86. The number of anilines is 1. The Morgan fingerprint density at radius 3 is 2.00 bits per heavy atom.